The van der Waals surface area contributed by atoms with Gasteiger partial charge in [0.2, 0.25) is 0 Å². The lowest BCUT2D eigenvalue weighted by Gasteiger charge is -2.28. The summed E-state index contributed by atoms with van der Waals surface area (Å²) in [7, 11) is 0. The number of nitrogens with zero attached hydrogens (tertiary/aromatic N) is 1. The summed E-state index contributed by atoms with van der Waals surface area (Å²) in [6.07, 6.45) is 4.00. The molecule has 20 heavy (non-hydrogen) atoms. The number of phenolic OH excluding ortho intramolecular Hbond substituents is 2. The highest BCUT2D eigenvalue weighted by Crippen LogP contribution is 2.28. The molecule has 108 valence electrons. The summed E-state index contributed by atoms with van der Waals surface area (Å²) in [5.41, 5.74) is 5.73. The zero-order valence-corrected chi connectivity index (χ0v) is 11.9. The van der Waals surface area contributed by atoms with Gasteiger partial charge in [-0.15, -0.1) is 0 Å². The minimum atomic E-state index is -0.304. The van der Waals surface area contributed by atoms with Crippen molar-refractivity contribution in [1.29, 1.82) is 0 Å². The Kier molecular flexibility index (Phi) is 4.44. The van der Waals surface area contributed by atoms with E-state index in [0.717, 1.165) is 31.7 Å². The highest BCUT2D eigenvalue weighted by atomic mass is 32.1. The van der Waals surface area contributed by atoms with E-state index in [1.807, 2.05) is 0 Å². The van der Waals surface area contributed by atoms with Gasteiger partial charge in [-0.05, 0) is 25.0 Å². The molecule has 4 N–H and O–H groups in total. The van der Waals surface area contributed by atoms with Crippen molar-refractivity contribution < 1.29 is 15.0 Å². The number of hydrogen-bond donors (Lipinski definition) is 3. The van der Waals surface area contributed by atoms with Gasteiger partial charge in [0.15, 0.2) is 0 Å². The van der Waals surface area contributed by atoms with Gasteiger partial charge in [0.05, 0.1) is 17.1 Å². The van der Waals surface area contributed by atoms with E-state index in [-0.39, 0.29) is 40.5 Å². The van der Waals surface area contributed by atoms with Crippen LogP contribution in [0.25, 0.3) is 0 Å². The van der Waals surface area contributed by atoms with Gasteiger partial charge in [-0.2, -0.15) is 0 Å². The van der Waals surface area contributed by atoms with Crippen molar-refractivity contribution in [3.8, 4) is 11.5 Å². The summed E-state index contributed by atoms with van der Waals surface area (Å²) in [5.74, 6) is -0.621. The summed E-state index contributed by atoms with van der Waals surface area (Å²) >= 11 is 4.91. The molecule has 1 aromatic rings. The monoisotopic (exact) mass is 294 g/mol. The number of phenols is 2. The second kappa shape index (κ2) is 6.09. The summed E-state index contributed by atoms with van der Waals surface area (Å²) in [6.45, 7) is 0.207. The minimum absolute atomic E-state index is 0.0826. The number of carbonyl (C=O) groups excluding carboxylic acids is 1. The van der Waals surface area contributed by atoms with Crippen LogP contribution in [0.2, 0.25) is 0 Å². The lowest BCUT2D eigenvalue weighted by molar-refractivity contribution is 0.0711. The Morgan fingerprint density at radius 3 is 2.55 bits per heavy atom. The molecule has 0 saturated heterocycles. The molecule has 0 bridgehead atoms. The molecular weight excluding hydrogens is 276 g/mol. The quantitative estimate of drug-likeness (QED) is 0.737. The molecule has 1 aromatic carbocycles. The standard InChI is InChI=1S/C14H18N2O3S/c15-13(20)8-16(9-3-1-2-4-9)14(19)11-6-5-10(17)7-12(11)18/h5-7,9,17-18H,1-4,8H2,(H2,15,20). The molecule has 1 amide bonds. The van der Waals surface area contributed by atoms with Crippen molar-refractivity contribution in [2.75, 3.05) is 6.54 Å². The first kappa shape index (κ1) is 14.6. The Morgan fingerprint density at radius 2 is 2.00 bits per heavy atom. The molecular formula is C14H18N2O3S. The van der Waals surface area contributed by atoms with Crippen molar-refractivity contribution in [2.24, 2.45) is 5.73 Å². The lowest BCUT2D eigenvalue weighted by atomic mass is 10.1. The zero-order valence-electron chi connectivity index (χ0n) is 11.1. The van der Waals surface area contributed by atoms with E-state index in [1.54, 1.807) is 4.90 Å². The Bertz CT molecular complexity index is 527. The highest BCUT2D eigenvalue weighted by molar-refractivity contribution is 7.80. The summed E-state index contributed by atoms with van der Waals surface area (Å²) in [4.78, 5) is 14.4. The van der Waals surface area contributed by atoms with Crippen LogP contribution in [0.5, 0.6) is 11.5 Å². The average molecular weight is 294 g/mol. The number of rotatable bonds is 4. The third-order valence-corrected chi connectivity index (χ3v) is 3.69. The molecule has 0 heterocycles. The molecule has 1 fully saturated rings. The summed E-state index contributed by atoms with van der Waals surface area (Å²) < 4.78 is 0. The van der Waals surface area contributed by atoms with Gasteiger partial charge in [0, 0.05) is 12.1 Å². The van der Waals surface area contributed by atoms with Crippen LogP contribution in [-0.4, -0.2) is 38.6 Å². The summed E-state index contributed by atoms with van der Waals surface area (Å²) in [5, 5.41) is 19.1. The average Bonchev–Trinajstić information content (AvgIpc) is 2.88. The molecule has 5 nitrogen and oxygen atoms in total. The Labute approximate surface area is 123 Å². The van der Waals surface area contributed by atoms with Crippen molar-refractivity contribution in [1.82, 2.24) is 4.90 Å². The maximum absolute atomic E-state index is 12.6. The number of thiocarbonyl (C=S) groups is 1. The van der Waals surface area contributed by atoms with E-state index in [1.165, 1.54) is 12.1 Å². The smallest absolute Gasteiger partial charge is 0.258 e. The van der Waals surface area contributed by atoms with Gasteiger partial charge in [0.25, 0.3) is 5.91 Å². The zero-order chi connectivity index (χ0) is 14.7. The fourth-order valence-electron chi connectivity index (χ4n) is 2.61. The Balaban J connectivity index is 2.27. The largest absolute Gasteiger partial charge is 0.508 e. The van der Waals surface area contributed by atoms with Crippen molar-refractivity contribution >= 4 is 23.1 Å². The Hall–Kier alpha value is -1.82. The molecule has 0 spiro atoms. The summed E-state index contributed by atoms with van der Waals surface area (Å²) in [6, 6.07) is 4.05. The molecule has 0 radical (unpaired) electrons. The molecule has 0 unspecified atom stereocenters. The van der Waals surface area contributed by atoms with E-state index >= 15 is 0 Å². The van der Waals surface area contributed by atoms with Gasteiger partial charge >= 0.3 is 0 Å². The van der Waals surface area contributed by atoms with Crippen LogP contribution in [0, 0.1) is 0 Å². The van der Waals surface area contributed by atoms with Gasteiger partial charge in [-0.25, -0.2) is 0 Å². The molecule has 0 aliphatic heterocycles. The molecule has 1 saturated carbocycles. The van der Waals surface area contributed by atoms with Crippen LogP contribution in [0.15, 0.2) is 18.2 Å². The van der Waals surface area contributed by atoms with Crippen molar-refractivity contribution in [2.45, 2.75) is 31.7 Å². The number of hydrogen-bond acceptors (Lipinski definition) is 4. The van der Waals surface area contributed by atoms with Gasteiger partial charge < -0.3 is 20.8 Å². The van der Waals surface area contributed by atoms with Crippen LogP contribution in [-0.2, 0) is 0 Å². The Morgan fingerprint density at radius 1 is 1.35 bits per heavy atom. The van der Waals surface area contributed by atoms with E-state index in [2.05, 4.69) is 0 Å². The maximum Gasteiger partial charge on any atom is 0.258 e. The number of aromatic hydroxyl groups is 2. The van der Waals surface area contributed by atoms with Crippen LogP contribution < -0.4 is 5.73 Å². The van der Waals surface area contributed by atoms with E-state index < -0.39 is 0 Å². The number of amides is 1. The molecule has 1 aliphatic carbocycles. The molecule has 2 rings (SSSR count). The van der Waals surface area contributed by atoms with Crippen LogP contribution >= 0.6 is 12.2 Å². The van der Waals surface area contributed by atoms with E-state index in [9.17, 15) is 15.0 Å². The molecule has 0 atom stereocenters. The number of benzene rings is 1. The van der Waals surface area contributed by atoms with Gasteiger partial charge in [-0.1, -0.05) is 25.1 Å². The molecule has 6 heteroatoms. The number of carbonyl (C=O) groups is 1. The third kappa shape index (κ3) is 3.19. The predicted octanol–water partition coefficient (Wildman–Crippen LogP) is 1.77. The van der Waals surface area contributed by atoms with Crippen molar-refractivity contribution in [3.05, 3.63) is 23.8 Å². The van der Waals surface area contributed by atoms with Crippen LogP contribution in [0.1, 0.15) is 36.0 Å². The SMILES string of the molecule is NC(=S)CN(C(=O)c1ccc(O)cc1O)C1CCCC1. The third-order valence-electron chi connectivity index (χ3n) is 3.56. The van der Waals surface area contributed by atoms with Crippen LogP contribution in [0.4, 0.5) is 0 Å². The first-order valence-corrected chi connectivity index (χ1v) is 7.01. The maximum atomic E-state index is 12.6. The highest BCUT2D eigenvalue weighted by Gasteiger charge is 2.29. The minimum Gasteiger partial charge on any atom is -0.508 e. The normalized spacial score (nSPS) is 15.2. The predicted molar refractivity (Wildman–Crippen MR) is 79.8 cm³/mol. The number of nitrogens with two attached hydrogens (primary N) is 1. The van der Waals surface area contributed by atoms with E-state index in [0.29, 0.717) is 0 Å². The first-order valence-electron chi connectivity index (χ1n) is 6.60. The second-order valence-electron chi connectivity index (χ2n) is 5.04. The topological polar surface area (TPSA) is 86.8 Å². The van der Waals surface area contributed by atoms with Gasteiger partial charge in [0.1, 0.15) is 11.5 Å². The molecule has 0 aromatic heterocycles. The second-order valence-corrected chi connectivity index (χ2v) is 5.56. The van der Waals surface area contributed by atoms with E-state index in [4.69, 9.17) is 18.0 Å². The fraction of sp³-hybridized carbons (Fsp3) is 0.429. The van der Waals surface area contributed by atoms with Gasteiger partial charge in [-0.3, -0.25) is 4.79 Å². The molecule has 1 aliphatic rings. The first-order chi connectivity index (χ1) is 9.49. The van der Waals surface area contributed by atoms with Crippen molar-refractivity contribution in [3.63, 3.8) is 0 Å². The fourth-order valence-corrected chi connectivity index (χ4v) is 2.75. The van der Waals surface area contributed by atoms with Crippen LogP contribution in [0.3, 0.4) is 0 Å². The lowest BCUT2D eigenvalue weighted by Crippen LogP contribution is -2.43.